The zero-order valence-electron chi connectivity index (χ0n) is 10.9. The Balaban J connectivity index is 2.06. The first kappa shape index (κ1) is 13.1. The van der Waals surface area contributed by atoms with Gasteiger partial charge in [-0.2, -0.15) is 0 Å². The molecule has 19 heavy (non-hydrogen) atoms. The fraction of sp³-hybridized carbons (Fsp3) is 0.200. The topological polar surface area (TPSA) is 52.3 Å². The van der Waals surface area contributed by atoms with E-state index in [1.807, 2.05) is 37.3 Å². The molecular formula is C15H15NO3. The fourth-order valence-electron chi connectivity index (χ4n) is 1.59. The van der Waals surface area contributed by atoms with Crippen molar-refractivity contribution in [1.82, 2.24) is 5.16 Å². The molecular weight excluding hydrogens is 242 g/mol. The molecule has 2 rings (SSSR count). The van der Waals surface area contributed by atoms with E-state index in [0.717, 1.165) is 17.0 Å². The maximum absolute atomic E-state index is 11.5. The van der Waals surface area contributed by atoms with Crippen molar-refractivity contribution in [3.05, 3.63) is 52.9 Å². The number of esters is 1. The van der Waals surface area contributed by atoms with Gasteiger partial charge in [-0.25, -0.2) is 4.79 Å². The van der Waals surface area contributed by atoms with Gasteiger partial charge in [0, 0.05) is 6.07 Å². The number of carbonyl (C=O) groups excluding carboxylic acids is 1. The van der Waals surface area contributed by atoms with E-state index < -0.39 is 0 Å². The van der Waals surface area contributed by atoms with Crippen molar-refractivity contribution < 1.29 is 14.1 Å². The molecule has 1 heterocycles. The molecule has 0 amide bonds. The molecule has 0 bridgehead atoms. The fourth-order valence-corrected chi connectivity index (χ4v) is 1.59. The smallest absolute Gasteiger partial charge is 0.338 e. The number of rotatable bonds is 4. The molecule has 0 radical (unpaired) electrons. The molecule has 0 spiro atoms. The van der Waals surface area contributed by atoms with Crippen molar-refractivity contribution in [3.63, 3.8) is 0 Å². The molecule has 0 aliphatic carbocycles. The summed E-state index contributed by atoms with van der Waals surface area (Å²) < 4.78 is 9.89. The van der Waals surface area contributed by atoms with E-state index in [0.29, 0.717) is 12.2 Å². The van der Waals surface area contributed by atoms with Crippen molar-refractivity contribution >= 4 is 18.1 Å². The molecule has 1 aromatic carbocycles. The highest BCUT2D eigenvalue weighted by Crippen LogP contribution is 2.10. The molecule has 0 aliphatic heterocycles. The minimum Gasteiger partial charge on any atom is -0.462 e. The molecule has 4 heteroatoms. The first-order chi connectivity index (χ1) is 9.19. The standard InChI is InChI=1S/C15H15NO3/c1-3-18-15(17)13-7-4-12(5-8-13)6-9-14-10-11(2)19-16-14/h4-10H,3H2,1-2H3/b9-6+. The number of hydrogen-bond donors (Lipinski definition) is 0. The van der Waals surface area contributed by atoms with Crippen LogP contribution in [-0.2, 0) is 4.74 Å². The van der Waals surface area contributed by atoms with Crippen LogP contribution in [0.3, 0.4) is 0 Å². The molecule has 0 aliphatic rings. The SMILES string of the molecule is CCOC(=O)c1ccc(/C=C/c2cc(C)on2)cc1. The van der Waals surface area contributed by atoms with E-state index in [2.05, 4.69) is 5.16 Å². The van der Waals surface area contributed by atoms with Gasteiger partial charge in [0.2, 0.25) is 0 Å². The van der Waals surface area contributed by atoms with Gasteiger partial charge in [-0.3, -0.25) is 0 Å². The molecule has 0 saturated carbocycles. The maximum Gasteiger partial charge on any atom is 0.338 e. The molecule has 0 saturated heterocycles. The lowest BCUT2D eigenvalue weighted by molar-refractivity contribution is 0.0526. The summed E-state index contributed by atoms with van der Waals surface area (Å²) >= 11 is 0. The average molecular weight is 257 g/mol. The minimum atomic E-state index is -0.301. The van der Waals surface area contributed by atoms with Crippen LogP contribution in [0.1, 0.15) is 34.3 Å². The number of hydrogen-bond acceptors (Lipinski definition) is 4. The van der Waals surface area contributed by atoms with E-state index in [4.69, 9.17) is 9.26 Å². The van der Waals surface area contributed by atoms with Gasteiger partial charge in [0.1, 0.15) is 11.5 Å². The summed E-state index contributed by atoms with van der Waals surface area (Å²) in [7, 11) is 0. The lowest BCUT2D eigenvalue weighted by Gasteiger charge is -2.01. The Morgan fingerprint density at radius 2 is 2.05 bits per heavy atom. The van der Waals surface area contributed by atoms with Crippen molar-refractivity contribution in [2.24, 2.45) is 0 Å². The Kier molecular flexibility index (Phi) is 4.13. The van der Waals surface area contributed by atoms with Gasteiger partial charge in [0.05, 0.1) is 12.2 Å². The minimum absolute atomic E-state index is 0.301. The Labute approximate surface area is 111 Å². The number of carbonyl (C=O) groups is 1. The number of ether oxygens (including phenoxy) is 1. The third kappa shape index (κ3) is 3.55. The first-order valence-electron chi connectivity index (χ1n) is 6.07. The van der Waals surface area contributed by atoms with Gasteiger partial charge in [-0.15, -0.1) is 0 Å². The monoisotopic (exact) mass is 257 g/mol. The van der Waals surface area contributed by atoms with Gasteiger partial charge in [-0.1, -0.05) is 23.4 Å². The van der Waals surface area contributed by atoms with Gasteiger partial charge < -0.3 is 9.26 Å². The maximum atomic E-state index is 11.5. The summed E-state index contributed by atoms with van der Waals surface area (Å²) in [6.45, 7) is 4.01. The van der Waals surface area contributed by atoms with E-state index >= 15 is 0 Å². The third-order valence-electron chi connectivity index (χ3n) is 2.51. The summed E-state index contributed by atoms with van der Waals surface area (Å²) in [5.41, 5.74) is 2.30. The van der Waals surface area contributed by atoms with Crippen molar-refractivity contribution in [2.75, 3.05) is 6.61 Å². The van der Waals surface area contributed by atoms with Gasteiger partial charge in [-0.05, 0) is 37.6 Å². The number of nitrogens with zero attached hydrogens (tertiary/aromatic N) is 1. The van der Waals surface area contributed by atoms with Crippen LogP contribution in [0.2, 0.25) is 0 Å². The van der Waals surface area contributed by atoms with E-state index in [9.17, 15) is 4.79 Å². The van der Waals surface area contributed by atoms with Gasteiger partial charge >= 0.3 is 5.97 Å². The van der Waals surface area contributed by atoms with E-state index in [1.165, 1.54) is 0 Å². The average Bonchev–Trinajstić information content (AvgIpc) is 2.83. The summed E-state index contributed by atoms with van der Waals surface area (Å²) in [5.74, 6) is 0.475. The van der Waals surface area contributed by atoms with Crippen molar-refractivity contribution in [2.45, 2.75) is 13.8 Å². The third-order valence-corrected chi connectivity index (χ3v) is 2.51. The second-order valence-corrected chi connectivity index (χ2v) is 4.04. The highest BCUT2D eigenvalue weighted by Gasteiger charge is 2.04. The Morgan fingerprint density at radius 3 is 2.63 bits per heavy atom. The summed E-state index contributed by atoms with van der Waals surface area (Å²) in [4.78, 5) is 11.5. The van der Waals surface area contributed by atoms with Gasteiger partial charge in [0.25, 0.3) is 0 Å². The lowest BCUT2D eigenvalue weighted by atomic mass is 10.1. The highest BCUT2D eigenvalue weighted by molar-refractivity contribution is 5.89. The van der Waals surface area contributed by atoms with Crippen molar-refractivity contribution in [1.29, 1.82) is 0 Å². The molecule has 0 unspecified atom stereocenters. The lowest BCUT2D eigenvalue weighted by Crippen LogP contribution is -2.03. The second kappa shape index (κ2) is 6.00. The number of aromatic nitrogens is 1. The summed E-state index contributed by atoms with van der Waals surface area (Å²) in [5, 5.41) is 3.87. The molecule has 98 valence electrons. The van der Waals surface area contributed by atoms with Crippen LogP contribution in [0.25, 0.3) is 12.2 Å². The second-order valence-electron chi connectivity index (χ2n) is 4.04. The normalized spacial score (nSPS) is 10.8. The predicted octanol–water partition coefficient (Wildman–Crippen LogP) is 3.33. The highest BCUT2D eigenvalue weighted by atomic mass is 16.5. The predicted molar refractivity (Wildman–Crippen MR) is 72.6 cm³/mol. The van der Waals surface area contributed by atoms with Crippen LogP contribution in [-0.4, -0.2) is 17.7 Å². The van der Waals surface area contributed by atoms with Gasteiger partial charge in [0.15, 0.2) is 0 Å². The summed E-state index contributed by atoms with van der Waals surface area (Å²) in [6.07, 6.45) is 3.77. The van der Waals surface area contributed by atoms with Crippen molar-refractivity contribution in [3.8, 4) is 0 Å². The van der Waals surface area contributed by atoms with Crippen LogP contribution < -0.4 is 0 Å². The van der Waals surface area contributed by atoms with Crippen LogP contribution in [0.5, 0.6) is 0 Å². The number of benzene rings is 1. The van der Waals surface area contributed by atoms with Crippen LogP contribution >= 0.6 is 0 Å². The van der Waals surface area contributed by atoms with Crippen LogP contribution in [0.15, 0.2) is 34.9 Å². The molecule has 1 aromatic heterocycles. The Morgan fingerprint density at radius 1 is 1.32 bits per heavy atom. The first-order valence-corrected chi connectivity index (χ1v) is 6.07. The van der Waals surface area contributed by atoms with E-state index in [-0.39, 0.29) is 5.97 Å². The van der Waals surface area contributed by atoms with E-state index in [1.54, 1.807) is 19.1 Å². The van der Waals surface area contributed by atoms with Crippen LogP contribution in [0.4, 0.5) is 0 Å². The molecule has 0 N–H and O–H groups in total. The Hall–Kier alpha value is -2.36. The zero-order chi connectivity index (χ0) is 13.7. The molecule has 2 aromatic rings. The number of aryl methyl sites for hydroxylation is 1. The molecule has 4 nitrogen and oxygen atoms in total. The molecule has 0 fully saturated rings. The largest absolute Gasteiger partial charge is 0.462 e. The molecule has 0 atom stereocenters. The summed E-state index contributed by atoms with van der Waals surface area (Å²) in [6, 6.07) is 9.05. The zero-order valence-corrected chi connectivity index (χ0v) is 10.9. The quantitative estimate of drug-likeness (QED) is 0.788. The van der Waals surface area contributed by atoms with Crippen LogP contribution in [0, 0.1) is 6.92 Å². The Bertz CT molecular complexity index is 582.